The number of hydrogen-bond donors (Lipinski definition) is 2. The number of aryl methyl sites for hydroxylation is 1. The molecule has 1 aliphatic carbocycles. The fourth-order valence-electron chi connectivity index (χ4n) is 5.64. The highest BCUT2D eigenvalue weighted by atomic mass is 35.5. The Bertz CT molecular complexity index is 1410. The van der Waals surface area contributed by atoms with E-state index in [-0.39, 0.29) is 12.3 Å². The largest absolute Gasteiger partial charge is 0.483 e. The summed E-state index contributed by atoms with van der Waals surface area (Å²) in [6, 6.07) is 13.4. The van der Waals surface area contributed by atoms with Gasteiger partial charge in [-0.25, -0.2) is 4.39 Å². The Morgan fingerprint density at radius 1 is 1.14 bits per heavy atom. The van der Waals surface area contributed by atoms with Gasteiger partial charge in [0.05, 0.1) is 0 Å². The van der Waals surface area contributed by atoms with Gasteiger partial charge in [0.25, 0.3) is 6.47 Å². The summed E-state index contributed by atoms with van der Waals surface area (Å²) >= 11 is 7.23. The standard InChI is InChI=1S/C34H39ClFN3.CH2O2/c1-4-5-11-31(29-13-7-6-12-28(29)30-15-14-24(2)22-32(30)36)34(35)39-19-16-27(23-25(39)3)33(26-9-8-10-26)38-20-17-37-18-21-38;2-1-3/h6-7,12-16,19,22-23,37H,3-5,8-11,17-18,20-21H2,1-2H3;1H,(H,2,3)/b34-31+;. The Hall–Kier alpha value is -3.61. The molecule has 5 rings (SSSR count). The number of hydrogen-bond acceptors (Lipinski definition) is 4. The molecular formula is C35H41ClFN3O2. The third-order valence-electron chi connectivity index (χ3n) is 7.94. The van der Waals surface area contributed by atoms with Crippen molar-refractivity contribution >= 4 is 23.6 Å². The van der Waals surface area contributed by atoms with Crippen LogP contribution in [0.5, 0.6) is 0 Å². The van der Waals surface area contributed by atoms with Crippen molar-refractivity contribution in [3.63, 3.8) is 0 Å². The van der Waals surface area contributed by atoms with Crippen LogP contribution in [-0.4, -0.2) is 47.6 Å². The zero-order valence-corrected chi connectivity index (χ0v) is 25.4. The number of carboxylic acid groups (broad SMARTS) is 1. The number of piperazine rings is 1. The molecule has 0 unspecified atom stereocenters. The summed E-state index contributed by atoms with van der Waals surface area (Å²) < 4.78 is 15.1. The molecule has 2 fully saturated rings. The first-order valence-corrected chi connectivity index (χ1v) is 15.2. The minimum atomic E-state index is -0.250. The zero-order valence-electron chi connectivity index (χ0n) is 24.6. The molecule has 2 aliphatic heterocycles. The molecule has 3 aliphatic rings. The number of carbonyl (C=O) groups is 1. The highest BCUT2D eigenvalue weighted by Gasteiger charge is 2.26. The zero-order chi connectivity index (χ0) is 30.1. The molecule has 0 amide bonds. The van der Waals surface area contributed by atoms with Gasteiger partial charge in [-0.3, -0.25) is 4.79 Å². The van der Waals surface area contributed by atoms with E-state index in [1.165, 1.54) is 30.5 Å². The molecule has 42 heavy (non-hydrogen) atoms. The first-order valence-electron chi connectivity index (χ1n) is 14.8. The maximum atomic E-state index is 15.1. The average Bonchev–Trinajstić information content (AvgIpc) is 2.96. The molecule has 5 nitrogen and oxygen atoms in total. The van der Waals surface area contributed by atoms with Crippen molar-refractivity contribution in [1.82, 2.24) is 15.1 Å². The molecule has 0 radical (unpaired) electrons. The van der Waals surface area contributed by atoms with E-state index in [2.05, 4.69) is 48.1 Å². The van der Waals surface area contributed by atoms with Crippen molar-refractivity contribution in [2.45, 2.75) is 52.4 Å². The maximum Gasteiger partial charge on any atom is 0.290 e. The van der Waals surface area contributed by atoms with E-state index >= 15 is 4.39 Å². The molecule has 2 heterocycles. The molecule has 2 aromatic rings. The van der Waals surface area contributed by atoms with E-state index in [1.54, 1.807) is 11.6 Å². The van der Waals surface area contributed by atoms with Crippen LogP contribution in [0.25, 0.3) is 16.7 Å². The second-order valence-electron chi connectivity index (χ2n) is 10.8. The van der Waals surface area contributed by atoms with Gasteiger partial charge in [-0.2, -0.15) is 0 Å². The summed E-state index contributed by atoms with van der Waals surface area (Å²) in [5.41, 5.74) is 9.33. The van der Waals surface area contributed by atoms with Crippen LogP contribution in [0.3, 0.4) is 0 Å². The van der Waals surface area contributed by atoms with E-state index in [9.17, 15) is 0 Å². The Labute approximate surface area is 254 Å². The van der Waals surface area contributed by atoms with Crippen molar-refractivity contribution in [2.24, 2.45) is 0 Å². The molecule has 0 aromatic heterocycles. The van der Waals surface area contributed by atoms with E-state index in [4.69, 9.17) is 21.5 Å². The lowest BCUT2D eigenvalue weighted by Crippen LogP contribution is -2.44. The van der Waals surface area contributed by atoms with Crippen molar-refractivity contribution in [3.8, 4) is 11.1 Å². The molecule has 1 saturated heterocycles. The molecule has 1 saturated carbocycles. The highest BCUT2D eigenvalue weighted by molar-refractivity contribution is 6.32. The lowest BCUT2D eigenvalue weighted by atomic mass is 9.86. The molecule has 2 aromatic carbocycles. The molecule has 0 atom stereocenters. The number of allylic oxidation sites excluding steroid dienone is 4. The fourth-order valence-corrected chi connectivity index (χ4v) is 6.00. The third-order valence-corrected chi connectivity index (χ3v) is 8.35. The van der Waals surface area contributed by atoms with Crippen LogP contribution in [0.4, 0.5) is 4.39 Å². The summed E-state index contributed by atoms with van der Waals surface area (Å²) in [5, 5.41) is 11.0. The van der Waals surface area contributed by atoms with Gasteiger partial charge < -0.3 is 20.2 Å². The number of rotatable bonds is 8. The summed E-state index contributed by atoms with van der Waals surface area (Å²) in [7, 11) is 0. The van der Waals surface area contributed by atoms with E-state index in [1.807, 2.05) is 42.2 Å². The first-order chi connectivity index (χ1) is 20.4. The van der Waals surface area contributed by atoms with Gasteiger partial charge in [0.1, 0.15) is 11.0 Å². The summed E-state index contributed by atoms with van der Waals surface area (Å²) in [4.78, 5) is 12.9. The van der Waals surface area contributed by atoms with Crippen molar-refractivity contribution in [2.75, 3.05) is 26.2 Å². The number of unbranched alkanes of at least 4 members (excludes halogenated alkanes) is 1. The fraction of sp³-hybridized carbons (Fsp3) is 0.343. The van der Waals surface area contributed by atoms with Crippen molar-refractivity contribution in [1.29, 1.82) is 0 Å². The van der Waals surface area contributed by atoms with Crippen LogP contribution in [-0.2, 0) is 4.79 Å². The average molecular weight is 590 g/mol. The number of nitrogens with zero attached hydrogens (tertiary/aromatic N) is 2. The van der Waals surface area contributed by atoms with E-state index < -0.39 is 0 Å². The highest BCUT2D eigenvalue weighted by Crippen LogP contribution is 2.40. The quantitative estimate of drug-likeness (QED) is 0.240. The topological polar surface area (TPSA) is 55.8 Å². The Kier molecular flexibility index (Phi) is 11.2. The molecule has 0 bridgehead atoms. The molecular weight excluding hydrogens is 549 g/mol. The molecule has 0 spiro atoms. The van der Waals surface area contributed by atoms with Crippen molar-refractivity contribution < 1.29 is 14.3 Å². The first kappa shape index (κ1) is 31.3. The normalized spacial score (nSPS) is 17.1. The van der Waals surface area contributed by atoms with Crippen LogP contribution >= 0.6 is 11.6 Å². The van der Waals surface area contributed by atoms with E-state index in [0.717, 1.165) is 73.4 Å². The lowest BCUT2D eigenvalue weighted by molar-refractivity contribution is -0.122. The number of benzene rings is 2. The molecule has 7 heteroatoms. The smallest absolute Gasteiger partial charge is 0.290 e. The number of halogens is 2. The SMILES string of the molecule is C=C1C=C(C(=C2CCC2)N2CCNCC2)C=CN1/C(Cl)=C(\CCCC)c1ccccc1-c1ccc(C)cc1F.O=CO. The van der Waals surface area contributed by atoms with Gasteiger partial charge in [0.2, 0.25) is 0 Å². The van der Waals surface area contributed by atoms with Crippen LogP contribution < -0.4 is 5.32 Å². The second-order valence-corrected chi connectivity index (χ2v) is 11.2. The Balaban J connectivity index is 0.00000129. The van der Waals surface area contributed by atoms with Gasteiger partial charge >= 0.3 is 0 Å². The summed E-state index contributed by atoms with van der Waals surface area (Å²) in [5.74, 6) is -0.215. The maximum absolute atomic E-state index is 15.1. The second kappa shape index (κ2) is 15.0. The van der Waals surface area contributed by atoms with E-state index in [0.29, 0.717) is 10.7 Å². The predicted molar refractivity (Wildman–Crippen MR) is 171 cm³/mol. The minimum Gasteiger partial charge on any atom is -0.483 e. The van der Waals surface area contributed by atoms with Gasteiger partial charge in [0.15, 0.2) is 0 Å². The monoisotopic (exact) mass is 589 g/mol. The molecule has 222 valence electrons. The lowest BCUT2D eigenvalue weighted by Gasteiger charge is -2.37. The number of nitrogens with one attached hydrogen (secondary N) is 1. The van der Waals surface area contributed by atoms with Gasteiger partial charge in [-0.1, -0.05) is 67.9 Å². The Morgan fingerprint density at radius 2 is 1.86 bits per heavy atom. The van der Waals surface area contributed by atoms with Gasteiger partial charge in [0, 0.05) is 54.9 Å². The minimum absolute atomic E-state index is 0.215. The van der Waals surface area contributed by atoms with Gasteiger partial charge in [-0.05, 0) is 85.1 Å². The Morgan fingerprint density at radius 3 is 2.48 bits per heavy atom. The van der Waals surface area contributed by atoms with Gasteiger partial charge in [-0.15, -0.1) is 0 Å². The summed E-state index contributed by atoms with van der Waals surface area (Å²) in [6.07, 6.45) is 12.9. The predicted octanol–water partition coefficient (Wildman–Crippen LogP) is 8.21. The van der Waals surface area contributed by atoms with Crippen LogP contribution in [0, 0.1) is 12.7 Å². The van der Waals surface area contributed by atoms with Crippen LogP contribution in [0.2, 0.25) is 0 Å². The molecule has 2 N–H and O–H groups in total. The van der Waals surface area contributed by atoms with Crippen molar-refractivity contribution in [3.05, 3.63) is 112 Å². The third kappa shape index (κ3) is 7.23. The van der Waals surface area contributed by atoms with Crippen LogP contribution in [0.15, 0.2) is 95.1 Å². The summed E-state index contributed by atoms with van der Waals surface area (Å²) in [6.45, 7) is 12.3. The van der Waals surface area contributed by atoms with Crippen LogP contribution in [0.1, 0.15) is 56.6 Å².